The Morgan fingerprint density at radius 1 is 1.35 bits per heavy atom. The summed E-state index contributed by atoms with van der Waals surface area (Å²) in [6, 6.07) is 7.63. The molecule has 20 heavy (non-hydrogen) atoms. The van der Waals surface area contributed by atoms with Gasteiger partial charge in [0.1, 0.15) is 0 Å². The van der Waals surface area contributed by atoms with E-state index in [4.69, 9.17) is 5.11 Å². The van der Waals surface area contributed by atoms with Crippen LogP contribution in [-0.2, 0) is 0 Å². The van der Waals surface area contributed by atoms with Gasteiger partial charge in [0.05, 0.1) is 0 Å². The fourth-order valence-corrected chi connectivity index (χ4v) is 2.47. The topological polar surface area (TPSA) is 65.1 Å². The molecule has 1 heterocycles. The van der Waals surface area contributed by atoms with Gasteiger partial charge in [0.2, 0.25) is 0 Å². The number of nitrogens with one attached hydrogen (secondary N) is 2. The number of H-pyrrole nitrogens is 1. The highest BCUT2D eigenvalue weighted by atomic mass is 16.3. The molecule has 4 heteroatoms. The quantitative estimate of drug-likeness (QED) is 0.727. The van der Waals surface area contributed by atoms with E-state index in [1.54, 1.807) is 0 Å². The molecule has 2 aromatic rings. The number of fused-ring (bicyclic) bond motifs is 1. The van der Waals surface area contributed by atoms with Crippen molar-refractivity contribution in [3.63, 3.8) is 0 Å². The fraction of sp³-hybridized carbons (Fsp3) is 0.438. The standard InChI is InChI=1S/C16H22N2O2/c1-2-3-12(7-9-19)11-18-16(20)14-5-4-13-6-8-17-15(13)10-14/h4-6,8,10,12,17,19H,2-3,7,9,11H2,1H3,(H,18,20). The van der Waals surface area contributed by atoms with E-state index in [1.165, 1.54) is 0 Å². The van der Waals surface area contributed by atoms with E-state index >= 15 is 0 Å². The molecule has 2 rings (SSSR count). The third kappa shape index (κ3) is 3.61. The number of hydrogen-bond acceptors (Lipinski definition) is 2. The van der Waals surface area contributed by atoms with Crippen molar-refractivity contribution in [1.29, 1.82) is 0 Å². The summed E-state index contributed by atoms with van der Waals surface area (Å²) in [7, 11) is 0. The summed E-state index contributed by atoms with van der Waals surface area (Å²) in [4.78, 5) is 15.2. The van der Waals surface area contributed by atoms with Crippen molar-refractivity contribution in [3.8, 4) is 0 Å². The van der Waals surface area contributed by atoms with Crippen LogP contribution in [0.3, 0.4) is 0 Å². The molecule has 1 aromatic carbocycles. The van der Waals surface area contributed by atoms with Crippen molar-refractivity contribution >= 4 is 16.8 Å². The van der Waals surface area contributed by atoms with Gasteiger partial charge in [-0.25, -0.2) is 0 Å². The maximum absolute atomic E-state index is 12.1. The summed E-state index contributed by atoms with van der Waals surface area (Å²) < 4.78 is 0. The van der Waals surface area contributed by atoms with Crippen molar-refractivity contribution in [3.05, 3.63) is 36.0 Å². The Kier molecular flexibility index (Phi) is 5.18. The van der Waals surface area contributed by atoms with Crippen LogP contribution in [0.5, 0.6) is 0 Å². The SMILES string of the molecule is CCCC(CCO)CNC(=O)c1ccc2cc[nH]c2c1. The lowest BCUT2D eigenvalue weighted by molar-refractivity contribution is 0.0943. The summed E-state index contributed by atoms with van der Waals surface area (Å²) in [5.74, 6) is 0.295. The van der Waals surface area contributed by atoms with E-state index in [0.29, 0.717) is 18.0 Å². The number of rotatable bonds is 7. The molecule has 1 atom stereocenters. The van der Waals surface area contributed by atoms with Crippen molar-refractivity contribution in [2.24, 2.45) is 5.92 Å². The molecule has 1 aromatic heterocycles. The first-order valence-corrected chi connectivity index (χ1v) is 7.20. The van der Waals surface area contributed by atoms with Crippen LogP contribution in [0, 0.1) is 5.92 Å². The van der Waals surface area contributed by atoms with Gasteiger partial charge in [0.25, 0.3) is 5.91 Å². The van der Waals surface area contributed by atoms with Crippen LogP contribution in [0.25, 0.3) is 10.9 Å². The van der Waals surface area contributed by atoms with Gasteiger partial charge in [-0.05, 0) is 42.3 Å². The molecular weight excluding hydrogens is 252 g/mol. The number of aliphatic hydroxyl groups is 1. The predicted octanol–water partition coefficient (Wildman–Crippen LogP) is 2.70. The number of carbonyl (C=O) groups is 1. The number of benzene rings is 1. The van der Waals surface area contributed by atoms with Crippen molar-refractivity contribution in [2.75, 3.05) is 13.2 Å². The first-order valence-electron chi connectivity index (χ1n) is 7.20. The smallest absolute Gasteiger partial charge is 0.251 e. The Morgan fingerprint density at radius 2 is 2.20 bits per heavy atom. The van der Waals surface area contributed by atoms with Crippen LogP contribution < -0.4 is 5.32 Å². The molecule has 0 radical (unpaired) electrons. The Bertz CT molecular complexity index is 556. The summed E-state index contributed by atoms with van der Waals surface area (Å²) >= 11 is 0. The lowest BCUT2D eigenvalue weighted by atomic mass is 10.00. The van der Waals surface area contributed by atoms with Crippen LogP contribution in [0.15, 0.2) is 30.5 Å². The van der Waals surface area contributed by atoms with E-state index < -0.39 is 0 Å². The molecule has 0 aliphatic heterocycles. The second kappa shape index (κ2) is 7.10. The van der Waals surface area contributed by atoms with E-state index in [2.05, 4.69) is 17.2 Å². The first kappa shape index (κ1) is 14.6. The molecule has 0 fully saturated rings. The molecule has 1 unspecified atom stereocenters. The zero-order valence-corrected chi connectivity index (χ0v) is 11.9. The Balaban J connectivity index is 1.96. The fourth-order valence-electron chi connectivity index (χ4n) is 2.47. The van der Waals surface area contributed by atoms with Crippen LogP contribution in [0.4, 0.5) is 0 Å². The lowest BCUT2D eigenvalue weighted by Gasteiger charge is -2.15. The van der Waals surface area contributed by atoms with E-state index in [-0.39, 0.29) is 12.5 Å². The van der Waals surface area contributed by atoms with Crippen molar-refractivity contribution in [2.45, 2.75) is 26.2 Å². The molecule has 0 bridgehead atoms. The summed E-state index contributed by atoms with van der Waals surface area (Å²) in [6.45, 7) is 2.91. The van der Waals surface area contributed by atoms with Gasteiger partial charge < -0.3 is 15.4 Å². The second-order valence-corrected chi connectivity index (χ2v) is 5.16. The van der Waals surface area contributed by atoms with E-state index in [1.807, 2.05) is 30.5 Å². The molecule has 0 aliphatic rings. The highest BCUT2D eigenvalue weighted by molar-refractivity contribution is 5.97. The highest BCUT2D eigenvalue weighted by Crippen LogP contribution is 2.14. The van der Waals surface area contributed by atoms with E-state index in [9.17, 15) is 4.79 Å². The van der Waals surface area contributed by atoms with Gasteiger partial charge in [-0.2, -0.15) is 0 Å². The number of hydrogen-bond donors (Lipinski definition) is 3. The molecule has 1 amide bonds. The Labute approximate surface area is 119 Å². The van der Waals surface area contributed by atoms with Crippen LogP contribution >= 0.6 is 0 Å². The van der Waals surface area contributed by atoms with Gasteiger partial charge in [-0.15, -0.1) is 0 Å². The second-order valence-electron chi connectivity index (χ2n) is 5.16. The molecule has 0 aliphatic carbocycles. The van der Waals surface area contributed by atoms with Crippen LogP contribution in [0.1, 0.15) is 36.5 Å². The third-order valence-corrected chi connectivity index (χ3v) is 3.60. The number of aliphatic hydroxyl groups excluding tert-OH is 1. The first-order chi connectivity index (χ1) is 9.74. The van der Waals surface area contributed by atoms with Crippen molar-refractivity contribution < 1.29 is 9.90 Å². The zero-order valence-electron chi connectivity index (χ0n) is 11.9. The van der Waals surface area contributed by atoms with Crippen LogP contribution in [0.2, 0.25) is 0 Å². The predicted molar refractivity (Wildman–Crippen MR) is 80.7 cm³/mol. The highest BCUT2D eigenvalue weighted by Gasteiger charge is 2.11. The third-order valence-electron chi connectivity index (χ3n) is 3.60. The van der Waals surface area contributed by atoms with Gasteiger partial charge >= 0.3 is 0 Å². The number of aromatic nitrogens is 1. The molecule has 0 spiro atoms. The van der Waals surface area contributed by atoms with Gasteiger partial charge in [0, 0.05) is 30.4 Å². The minimum atomic E-state index is -0.0551. The van der Waals surface area contributed by atoms with Gasteiger partial charge in [-0.1, -0.05) is 19.4 Å². The molecule has 108 valence electrons. The Morgan fingerprint density at radius 3 is 2.95 bits per heavy atom. The normalized spacial score (nSPS) is 12.5. The van der Waals surface area contributed by atoms with Crippen LogP contribution in [-0.4, -0.2) is 29.1 Å². The number of amides is 1. The molecule has 0 saturated carbocycles. The summed E-state index contributed by atoms with van der Waals surface area (Å²) in [6.07, 6.45) is 4.69. The molecule has 4 nitrogen and oxygen atoms in total. The molecular formula is C16H22N2O2. The van der Waals surface area contributed by atoms with Gasteiger partial charge in [-0.3, -0.25) is 4.79 Å². The average molecular weight is 274 g/mol. The maximum Gasteiger partial charge on any atom is 0.251 e. The zero-order chi connectivity index (χ0) is 14.4. The largest absolute Gasteiger partial charge is 0.396 e. The summed E-state index contributed by atoms with van der Waals surface area (Å²) in [5.41, 5.74) is 1.64. The van der Waals surface area contributed by atoms with Gasteiger partial charge in [0.15, 0.2) is 0 Å². The maximum atomic E-state index is 12.1. The van der Waals surface area contributed by atoms with E-state index in [0.717, 1.165) is 30.2 Å². The summed E-state index contributed by atoms with van der Waals surface area (Å²) in [5, 5.41) is 13.1. The Hall–Kier alpha value is -1.81. The molecule has 0 saturated heterocycles. The lowest BCUT2D eigenvalue weighted by Crippen LogP contribution is -2.29. The monoisotopic (exact) mass is 274 g/mol. The minimum Gasteiger partial charge on any atom is -0.396 e. The number of aromatic amines is 1. The van der Waals surface area contributed by atoms with Crippen molar-refractivity contribution in [1.82, 2.24) is 10.3 Å². The average Bonchev–Trinajstić information content (AvgIpc) is 2.92. The molecule has 3 N–H and O–H groups in total. The number of carbonyl (C=O) groups excluding carboxylic acids is 1. The minimum absolute atomic E-state index is 0.0551.